The first-order valence-corrected chi connectivity index (χ1v) is 3.43. The third kappa shape index (κ3) is 2.15. The summed E-state index contributed by atoms with van der Waals surface area (Å²) < 4.78 is 43.4. The highest BCUT2D eigenvalue weighted by Crippen LogP contribution is 2.25. The van der Waals surface area contributed by atoms with Crippen molar-refractivity contribution in [3.63, 3.8) is 0 Å². The highest BCUT2D eigenvalue weighted by atomic mass is 16.3. The van der Waals surface area contributed by atoms with Crippen LogP contribution in [0.15, 0.2) is 12.2 Å². The van der Waals surface area contributed by atoms with Gasteiger partial charge in [-0.2, -0.15) is 0 Å². The maximum atomic E-state index is 11.0. The number of carbonyl (C=O) groups excluding carboxylic acids is 1. The third-order valence-electron chi connectivity index (χ3n) is 1.75. The van der Waals surface area contributed by atoms with Crippen LogP contribution in [0.25, 0.3) is 0 Å². The van der Waals surface area contributed by atoms with Gasteiger partial charge in [-0.1, -0.05) is 6.08 Å². The lowest BCUT2D eigenvalue weighted by molar-refractivity contribution is -0.115. The Kier molecular flexibility index (Phi) is 0.858. The van der Waals surface area contributed by atoms with E-state index in [0.29, 0.717) is 0 Å². The first kappa shape index (κ1) is 3.40. The molecule has 0 aliphatic heterocycles. The molecule has 0 bridgehead atoms. The Balaban J connectivity index is 3.18. The van der Waals surface area contributed by atoms with E-state index in [-0.39, 0.29) is 18.6 Å². The second-order valence-corrected chi connectivity index (χ2v) is 2.74. The van der Waals surface area contributed by atoms with Crippen LogP contribution in [0.2, 0.25) is 0 Å². The Hall–Kier alpha value is -0.630. The molecule has 0 aromatic heterocycles. The molecule has 1 aliphatic rings. The van der Waals surface area contributed by atoms with Crippen molar-refractivity contribution in [2.75, 3.05) is 0 Å². The van der Waals surface area contributed by atoms with Crippen molar-refractivity contribution in [1.82, 2.24) is 0 Å². The minimum Gasteiger partial charge on any atom is -0.390 e. The van der Waals surface area contributed by atoms with Gasteiger partial charge >= 0.3 is 0 Å². The lowest BCUT2D eigenvalue weighted by Crippen LogP contribution is -2.31. The van der Waals surface area contributed by atoms with E-state index in [1.165, 1.54) is 6.08 Å². The zero-order valence-corrected chi connectivity index (χ0v) is 6.00. The number of aliphatic hydroxyl groups is 1. The molecule has 0 spiro atoms. The van der Waals surface area contributed by atoms with Gasteiger partial charge in [-0.05, 0) is 26.2 Å². The van der Waals surface area contributed by atoms with Gasteiger partial charge in [0, 0.05) is 20.6 Å². The second kappa shape index (κ2) is 2.78. The second-order valence-electron chi connectivity index (χ2n) is 2.74. The van der Waals surface area contributed by atoms with Gasteiger partial charge in [0.25, 0.3) is 0 Å². The highest BCUT2D eigenvalue weighted by molar-refractivity contribution is 5.90. The van der Waals surface area contributed by atoms with E-state index in [1.807, 2.05) is 0 Å². The lowest BCUT2D eigenvalue weighted by Gasteiger charge is -2.28. The molecule has 0 saturated carbocycles. The number of allylic oxidation sites excluding steroid dienone is 1. The summed E-state index contributed by atoms with van der Waals surface area (Å²) in [6.07, 6.45) is 2.40. The largest absolute Gasteiger partial charge is 0.390 e. The van der Waals surface area contributed by atoms with Crippen LogP contribution in [0.5, 0.6) is 0 Å². The van der Waals surface area contributed by atoms with E-state index in [9.17, 15) is 9.90 Å². The maximum Gasteiger partial charge on any atom is 0.155 e. The van der Waals surface area contributed by atoms with Gasteiger partial charge in [-0.25, -0.2) is 0 Å². The molecule has 2 nitrogen and oxygen atoms in total. The summed E-state index contributed by atoms with van der Waals surface area (Å²) in [5.74, 6) is -1.26. The fourth-order valence-corrected chi connectivity index (χ4v) is 1.05. The molecule has 1 N–H and O–H groups in total. The molecule has 0 aromatic rings. The first-order chi connectivity index (χ1) is 7.50. The number of carbonyl (C=O) groups is 1. The molecule has 1 rings (SSSR count). The summed E-state index contributed by atoms with van der Waals surface area (Å²) >= 11 is 0. The van der Waals surface area contributed by atoms with Gasteiger partial charge in [0.1, 0.15) is 0 Å². The molecule has 0 heterocycles. The van der Waals surface area contributed by atoms with E-state index < -0.39 is 25.2 Å². The average molecular weight is 160 g/mol. The van der Waals surface area contributed by atoms with Gasteiger partial charge in [0.15, 0.2) is 5.78 Å². The molecule has 0 radical (unpaired) electrons. The van der Waals surface area contributed by atoms with Gasteiger partial charge in [-0.15, -0.1) is 0 Å². The van der Waals surface area contributed by atoms with Crippen molar-refractivity contribution in [3.8, 4) is 0 Å². The van der Waals surface area contributed by atoms with Gasteiger partial charge < -0.3 is 5.11 Å². The van der Waals surface area contributed by atoms with E-state index in [1.54, 1.807) is 0 Å². The Morgan fingerprint density at radius 2 is 2.55 bits per heavy atom. The number of hydrogen-bond donors (Lipinski definition) is 1. The maximum absolute atomic E-state index is 11.0. The zero-order chi connectivity index (χ0) is 13.5. The average Bonchev–Trinajstić information content (AvgIpc) is 2.14. The summed E-state index contributed by atoms with van der Waals surface area (Å²) in [7, 11) is 0. The van der Waals surface area contributed by atoms with Crippen LogP contribution >= 0.6 is 0 Å². The molecule has 0 unspecified atom stereocenters. The number of hydrogen-bond acceptors (Lipinski definition) is 2. The molecular formula is C9H14O2. The van der Waals surface area contributed by atoms with Gasteiger partial charge in [0.05, 0.1) is 5.60 Å². The Labute approximate surface area is 75.3 Å². The van der Waals surface area contributed by atoms with Crippen LogP contribution in [0.4, 0.5) is 0 Å². The van der Waals surface area contributed by atoms with Crippen LogP contribution in [0.1, 0.15) is 34.8 Å². The quantitative estimate of drug-likeness (QED) is 0.627. The van der Waals surface area contributed by atoms with Crippen LogP contribution in [0.3, 0.4) is 0 Å². The molecule has 62 valence electrons. The van der Waals surface area contributed by atoms with E-state index in [0.717, 1.165) is 6.08 Å². The standard InChI is InChI=1S/C9H14O2/c1-9(2,11)7-3-5-8(10)6-4-7/h3,5,7,11H,4,6H2,1-2H3/t7-/m0/s1/i1D3,2D3. The minimum atomic E-state index is -3.03. The summed E-state index contributed by atoms with van der Waals surface area (Å²) in [6, 6.07) is 0. The minimum absolute atomic E-state index is 0.0304. The Morgan fingerprint density at radius 3 is 3.00 bits per heavy atom. The summed E-state index contributed by atoms with van der Waals surface area (Å²) in [6.45, 7) is -6.07. The fraction of sp³-hybridized carbons (Fsp3) is 0.667. The summed E-state index contributed by atoms with van der Waals surface area (Å²) in [5.41, 5.74) is -2.81. The number of rotatable bonds is 1. The molecule has 0 saturated heterocycles. The molecule has 1 atom stereocenters. The summed E-state index contributed by atoms with van der Waals surface area (Å²) in [4.78, 5) is 11.0. The van der Waals surface area contributed by atoms with Gasteiger partial charge in [-0.3, -0.25) is 4.79 Å². The van der Waals surface area contributed by atoms with Crippen molar-refractivity contribution in [2.45, 2.75) is 32.1 Å². The van der Waals surface area contributed by atoms with E-state index in [4.69, 9.17) is 8.22 Å². The van der Waals surface area contributed by atoms with Crippen LogP contribution in [-0.4, -0.2) is 16.5 Å². The molecule has 0 fully saturated rings. The smallest absolute Gasteiger partial charge is 0.155 e. The van der Waals surface area contributed by atoms with Crippen molar-refractivity contribution in [1.29, 1.82) is 0 Å². The van der Waals surface area contributed by atoms with Crippen LogP contribution in [-0.2, 0) is 4.79 Å². The van der Waals surface area contributed by atoms with E-state index in [2.05, 4.69) is 0 Å². The number of ketones is 1. The molecule has 11 heavy (non-hydrogen) atoms. The van der Waals surface area contributed by atoms with Crippen molar-refractivity contribution in [2.24, 2.45) is 5.92 Å². The summed E-state index contributed by atoms with van der Waals surface area (Å²) in [5, 5.41) is 10.1. The first-order valence-electron chi connectivity index (χ1n) is 6.43. The Bertz CT molecular complexity index is 326. The van der Waals surface area contributed by atoms with Gasteiger partial charge in [0.2, 0.25) is 0 Å². The van der Waals surface area contributed by atoms with E-state index >= 15 is 0 Å². The normalized spacial score (nSPS) is 36.1. The van der Waals surface area contributed by atoms with Crippen LogP contribution < -0.4 is 0 Å². The zero-order valence-electron chi connectivity index (χ0n) is 12.0. The topological polar surface area (TPSA) is 37.3 Å². The monoisotopic (exact) mass is 160 g/mol. The fourth-order valence-electron chi connectivity index (χ4n) is 1.05. The van der Waals surface area contributed by atoms with Crippen molar-refractivity contribution in [3.05, 3.63) is 12.2 Å². The third-order valence-corrected chi connectivity index (χ3v) is 1.75. The molecule has 0 amide bonds. The predicted octanol–water partition coefficient (Wildman–Crippen LogP) is 1.29. The highest BCUT2D eigenvalue weighted by Gasteiger charge is 2.26. The molecular weight excluding hydrogens is 140 g/mol. The van der Waals surface area contributed by atoms with Crippen molar-refractivity contribution < 1.29 is 18.1 Å². The molecule has 1 aliphatic carbocycles. The predicted molar refractivity (Wildman–Crippen MR) is 43.2 cm³/mol. The molecule has 2 heteroatoms. The van der Waals surface area contributed by atoms with Crippen LogP contribution in [0, 0.1) is 5.92 Å². The Morgan fingerprint density at radius 1 is 1.82 bits per heavy atom. The molecule has 0 aromatic carbocycles. The van der Waals surface area contributed by atoms with Crippen molar-refractivity contribution >= 4 is 5.78 Å². The lowest BCUT2D eigenvalue weighted by atomic mass is 9.83. The SMILES string of the molecule is [2H]C([2H])([2H])C(O)([C@H]1C=CC(=O)CC1)C([2H])([2H])[2H].